The summed E-state index contributed by atoms with van der Waals surface area (Å²) >= 11 is 0. The summed E-state index contributed by atoms with van der Waals surface area (Å²) in [6.07, 6.45) is 0.825. The van der Waals surface area contributed by atoms with E-state index in [0.717, 1.165) is 22.8 Å². The molecule has 0 aliphatic rings. The van der Waals surface area contributed by atoms with Crippen LogP contribution >= 0.6 is 0 Å². The summed E-state index contributed by atoms with van der Waals surface area (Å²) in [5.41, 5.74) is 3.07. The van der Waals surface area contributed by atoms with Gasteiger partial charge in [-0.2, -0.15) is 0 Å². The summed E-state index contributed by atoms with van der Waals surface area (Å²) in [5, 5.41) is 4.45. The molecule has 0 spiro atoms. The zero-order valence-corrected chi connectivity index (χ0v) is 18.2. The number of hydrogen-bond acceptors (Lipinski definition) is 5. The van der Waals surface area contributed by atoms with Crippen molar-refractivity contribution < 1.29 is 18.4 Å². The smallest absolute Gasteiger partial charge is 0.336 e. The number of methoxy groups -OCH3 is 1. The quantitative estimate of drug-likeness (QED) is 0.338. The number of furan rings is 1. The molecule has 1 N–H and O–H groups in total. The molecular weight excluding hydrogens is 418 g/mol. The topological polar surface area (TPSA) is 81.7 Å². The largest absolute Gasteiger partial charge is 0.496 e. The number of benzene rings is 3. The molecule has 3 aromatic carbocycles. The van der Waals surface area contributed by atoms with Crippen LogP contribution < -0.4 is 15.7 Å². The standard InChI is InChI=1S/C27H21NO5/c1-3-16-12-13-23-19(14-16)20(15-24(29)32-23)26-25(17-8-4-7-11-22(17)33-26)28-27(30)18-9-5-6-10-21(18)31-2/h4-15H,3H2,1-2H3,(H,28,30). The monoisotopic (exact) mass is 439 g/mol. The van der Waals surface area contributed by atoms with Gasteiger partial charge in [0.2, 0.25) is 0 Å². The number of para-hydroxylation sites is 2. The minimum atomic E-state index is -0.496. The number of carbonyl (C=O) groups excluding carboxylic acids is 1. The van der Waals surface area contributed by atoms with Crippen LogP contribution in [0.3, 0.4) is 0 Å². The van der Waals surface area contributed by atoms with Gasteiger partial charge in [0, 0.05) is 22.4 Å². The number of ether oxygens (including phenoxy) is 1. The van der Waals surface area contributed by atoms with Crippen LogP contribution in [0.15, 0.2) is 86.4 Å². The van der Waals surface area contributed by atoms with Crippen molar-refractivity contribution in [2.75, 3.05) is 12.4 Å². The van der Waals surface area contributed by atoms with Crippen molar-refractivity contribution >= 4 is 33.5 Å². The van der Waals surface area contributed by atoms with E-state index >= 15 is 0 Å². The molecule has 0 fully saturated rings. The molecule has 0 aliphatic carbocycles. The summed E-state index contributed by atoms with van der Waals surface area (Å²) in [5.74, 6) is 0.509. The van der Waals surface area contributed by atoms with Gasteiger partial charge in [0.05, 0.1) is 18.4 Å². The number of nitrogens with one attached hydrogen (secondary N) is 1. The fraction of sp³-hybridized carbons (Fsp3) is 0.111. The molecule has 2 heterocycles. The van der Waals surface area contributed by atoms with E-state index in [1.54, 1.807) is 30.3 Å². The Balaban J connectivity index is 1.74. The first-order valence-electron chi connectivity index (χ1n) is 10.6. The molecule has 0 aliphatic heterocycles. The van der Waals surface area contributed by atoms with Crippen LogP contribution in [0.1, 0.15) is 22.8 Å². The first-order valence-corrected chi connectivity index (χ1v) is 10.6. The van der Waals surface area contributed by atoms with Crippen LogP contribution in [0.25, 0.3) is 33.3 Å². The highest BCUT2D eigenvalue weighted by Crippen LogP contribution is 2.41. The summed E-state index contributed by atoms with van der Waals surface area (Å²) in [6.45, 7) is 2.06. The lowest BCUT2D eigenvalue weighted by atomic mass is 10.0. The molecule has 0 atom stereocenters. The number of fused-ring (bicyclic) bond motifs is 2. The van der Waals surface area contributed by atoms with E-state index in [1.807, 2.05) is 36.4 Å². The van der Waals surface area contributed by atoms with Gasteiger partial charge in [-0.3, -0.25) is 4.79 Å². The molecule has 0 unspecified atom stereocenters. The van der Waals surface area contributed by atoms with Gasteiger partial charge in [-0.1, -0.05) is 37.3 Å². The third-order valence-electron chi connectivity index (χ3n) is 5.65. The number of anilines is 1. The fourth-order valence-corrected chi connectivity index (χ4v) is 3.99. The van der Waals surface area contributed by atoms with Crippen LogP contribution in [0.4, 0.5) is 5.69 Å². The SMILES string of the molecule is CCc1ccc2oc(=O)cc(-c3oc4ccccc4c3NC(=O)c3ccccc3OC)c2c1. The average Bonchev–Trinajstić information content (AvgIpc) is 3.21. The van der Waals surface area contributed by atoms with E-state index < -0.39 is 5.63 Å². The van der Waals surface area contributed by atoms with E-state index in [2.05, 4.69) is 12.2 Å². The Morgan fingerprint density at radius 1 is 0.909 bits per heavy atom. The Kier molecular flexibility index (Phi) is 5.18. The third kappa shape index (κ3) is 3.65. The Bertz CT molecular complexity index is 1560. The van der Waals surface area contributed by atoms with Crippen molar-refractivity contribution in [3.05, 3.63) is 94.3 Å². The van der Waals surface area contributed by atoms with Crippen molar-refractivity contribution in [1.82, 2.24) is 0 Å². The first-order chi connectivity index (χ1) is 16.1. The second kappa shape index (κ2) is 8.31. The predicted octanol–water partition coefficient (Wildman–Crippen LogP) is 6.03. The molecule has 164 valence electrons. The van der Waals surface area contributed by atoms with Gasteiger partial charge in [-0.15, -0.1) is 0 Å². The average molecular weight is 439 g/mol. The van der Waals surface area contributed by atoms with Gasteiger partial charge in [0.15, 0.2) is 5.76 Å². The summed E-state index contributed by atoms with van der Waals surface area (Å²) < 4.78 is 17.0. The zero-order valence-electron chi connectivity index (χ0n) is 18.2. The Labute approximate surface area is 189 Å². The van der Waals surface area contributed by atoms with Gasteiger partial charge in [0.25, 0.3) is 5.91 Å². The van der Waals surface area contributed by atoms with Crippen LogP contribution in [-0.4, -0.2) is 13.0 Å². The molecule has 6 nitrogen and oxygen atoms in total. The van der Waals surface area contributed by atoms with Crippen LogP contribution in [-0.2, 0) is 6.42 Å². The van der Waals surface area contributed by atoms with Crippen LogP contribution in [0.5, 0.6) is 5.75 Å². The van der Waals surface area contributed by atoms with E-state index in [9.17, 15) is 9.59 Å². The predicted molar refractivity (Wildman–Crippen MR) is 128 cm³/mol. The highest BCUT2D eigenvalue weighted by Gasteiger charge is 2.22. The normalized spacial score (nSPS) is 11.1. The van der Waals surface area contributed by atoms with Crippen molar-refractivity contribution in [1.29, 1.82) is 0 Å². The van der Waals surface area contributed by atoms with E-state index in [-0.39, 0.29) is 5.91 Å². The number of hydrogen-bond donors (Lipinski definition) is 1. The Hall–Kier alpha value is -4.32. The number of amides is 1. The highest BCUT2D eigenvalue weighted by atomic mass is 16.5. The minimum Gasteiger partial charge on any atom is -0.496 e. The van der Waals surface area contributed by atoms with Crippen molar-refractivity contribution in [3.8, 4) is 17.1 Å². The van der Waals surface area contributed by atoms with Gasteiger partial charge >= 0.3 is 5.63 Å². The van der Waals surface area contributed by atoms with Crippen molar-refractivity contribution in [2.24, 2.45) is 0 Å². The lowest BCUT2D eigenvalue weighted by Gasteiger charge is -2.11. The Morgan fingerprint density at radius 2 is 1.67 bits per heavy atom. The van der Waals surface area contributed by atoms with Crippen molar-refractivity contribution in [2.45, 2.75) is 13.3 Å². The summed E-state index contributed by atoms with van der Waals surface area (Å²) in [7, 11) is 1.52. The molecule has 0 bridgehead atoms. The lowest BCUT2D eigenvalue weighted by molar-refractivity contribution is 0.102. The highest BCUT2D eigenvalue weighted by molar-refractivity contribution is 6.14. The maximum absolute atomic E-state index is 13.2. The molecule has 0 saturated heterocycles. The van der Waals surface area contributed by atoms with Gasteiger partial charge in [-0.25, -0.2) is 4.79 Å². The van der Waals surface area contributed by atoms with Crippen molar-refractivity contribution in [3.63, 3.8) is 0 Å². The van der Waals surface area contributed by atoms with E-state index in [1.165, 1.54) is 13.2 Å². The molecule has 2 aromatic heterocycles. The van der Waals surface area contributed by atoms with Gasteiger partial charge in [0.1, 0.15) is 16.9 Å². The minimum absolute atomic E-state index is 0.346. The molecule has 6 heteroatoms. The van der Waals surface area contributed by atoms with Gasteiger partial charge < -0.3 is 18.9 Å². The molecule has 33 heavy (non-hydrogen) atoms. The zero-order chi connectivity index (χ0) is 22.9. The maximum atomic E-state index is 13.2. The second-order valence-electron chi connectivity index (χ2n) is 7.62. The first kappa shape index (κ1) is 20.6. The summed E-state index contributed by atoms with van der Waals surface area (Å²) in [4.78, 5) is 25.6. The molecule has 0 radical (unpaired) electrons. The fourth-order valence-electron chi connectivity index (χ4n) is 3.99. The van der Waals surface area contributed by atoms with Crippen LogP contribution in [0, 0.1) is 0 Å². The Morgan fingerprint density at radius 3 is 2.48 bits per heavy atom. The lowest BCUT2D eigenvalue weighted by Crippen LogP contribution is -2.13. The third-order valence-corrected chi connectivity index (χ3v) is 5.65. The van der Waals surface area contributed by atoms with E-state index in [4.69, 9.17) is 13.6 Å². The number of aryl methyl sites for hydroxylation is 1. The molecule has 0 saturated carbocycles. The summed E-state index contributed by atoms with van der Waals surface area (Å²) in [6, 6.07) is 21.5. The number of carbonyl (C=O) groups is 1. The van der Waals surface area contributed by atoms with Crippen LogP contribution in [0.2, 0.25) is 0 Å². The van der Waals surface area contributed by atoms with E-state index in [0.29, 0.717) is 39.5 Å². The molecular formula is C27H21NO5. The second-order valence-corrected chi connectivity index (χ2v) is 7.62. The molecule has 1 amide bonds. The van der Waals surface area contributed by atoms with Gasteiger partial charge in [-0.05, 0) is 48.4 Å². The number of rotatable bonds is 5. The maximum Gasteiger partial charge on any atom is 0.336 e. The molecule has 5 aromatic rings. The molecule has 5 rings (SSSR count).